The maximum Gasteiger partial charge on any atom is 0.323 e. The first kappa shape index (κ1) is 16.2. The molecule has 0 bridgehead atoms. The van der Waals surface area contributed by atoms with Gasteiger partial charge in [-0.05, 0) is 32.4 Å². The number of carbonyl (C=O) groups excluding carboxylic acids is 2. The molecule has 2 aliphatic rings. The number of methoxy groups -OCH3 is 1. The van der Waals surface area contributed by atoms with Crippen LogP contribution in [0.1, 0.15) is 32.1 Å². The Morgan fingerprint density at radius 1 is 1.19 bits per heavy atom. The summed E-state index contributed by atoms with van der Waals surface area (Å²) in [5.41, 5.74) is 0. The summed E-state index contributed by atoms with van der Waals surface area (Å²) >= 11 is 0. The van der Waals surface area contributed by atoms with Gasteiger partial charge in [0.2, 0.25) is 5.91 Å². The zero-order valence-corrected chi connectivity index (χ0v) is 12.9. The highest BCUT2D eigenvalue weighted by Crippen LogP contribution is 2.18. The number of likely N-dealkylation sites (tertiary alicyclic amines) is 1. The molecule has 2 saturated heterocycles. The zero-order valence-electron chi connectivity index (χ0n) is 12.9. The first-order valence-electron chi connectivity index (χ1n) is 7.90. The van der Waals surface area contributed by atoms with E-state index in [1.165, 1.54) is 7.11 Å². The number of amides is 1. The highest BCUT2D eigenvalue weighted by molar-refractivity contribution is 5.76. The summed E-state index contributed by atoms with van der Waals surface area (Å²) in [6.45, 7) is 4.40. The molecule has 21 heavy (non-hydrogen) atoms. The molecule has 0 aliphatic carbocycles. The summed E-state index contributed by atoms with van der Waals surface area (Å²) < 4.78 is 10.1. The van der Waals surface area contributed by atoms with Crippen molar-refractivity contribution >= 4 is 11.9 Å². The summed E-state index contributed by atoms with van der Waals surface area (Å²) in [7, 11) is 1.44. The van der Waals surface area contributed by atoms with Crippen molar-refractivity contribution in [3.8, 4) is 0 Å². The van der Waals surface area contributed by atoms with Crippen LogP contribution in [-0.2, 0) is 19.1 Å². The third kappa shape index (κ3) is 4.68. The molecule has 0 N–H and O–H groups in total. The minimum atomic E-state index is -0.144. The van der Waals surface area contributed by atoms with Crippen LogP contribution in [0.4, 0.5) is 0 Å². The first-order valence-corrected chi connectivity index (χ1v) is 7.90. The predicted octanol–water partition coefficient (Wildman–Crippen LogP) is 0.653. The number of morpholine rings is 1. The van der Waals surface area contributed by atoms with Crippen molar-refractivity contribution in [2.45, 2.75) is 38.1 Å². The van der Waals surface area contributed by atoms with Gasteiger partial charge in [-0.3, -0.25) is 14.5 Å². The summed E-state index contributed by atoms with van der Waals surface area (Å²) in [6, 6.07) is -0.123. The van der Waals surface area contributed by atoms with Crippen molar-refractivity contribution in [2.75, 3.05) is 46.5 Å². The lowest BCUT2D eigenvalue weighted by molar-refractivity contribution is -0.148. The van der Waals surface area contributed by atoms with E-state index in [1.807, 2.05) is 4.90 Å². The van der Waals surface area contributed by atoms with Gasteiger partial charge in [0.05, 0.1) is 20.3 Å². The minimum Gasteiger partial charge on any atom is -0.468 e. The topological polar surface area (TPSA) is 59.1 Å². The average molecular weight is 298 g/mol. The lowest BCUT2D eigenvalue weighted by atomic mass is 10.0. The molecule has 0 saturated carbocycles. The Kier molecular flexibility index (Phi) is 6.45. The summed E-state index contributed by atoms with van der Waals surface area (Å²) in [6.07, 6.45) is 4.39. The molecule has 0 aromatic carbocycles. The molecule has 1 atom stereocenters. The normalized spacial score (nSPS) is 23.9. The highest BCUT2D eigenvalue weighted by Gasteiger charge is 2.29. The molecule has 0 aromatic heterocycles. The van der Waals surface area contributed by atoms with Crippen molar-refractivity contribution in [3.05, 3.63) is 0 Å². The third-order valence-corrected chi connectivity index (χ3v) is 4.29. The van der Waals surface area contributed by atoms with Gasteiger partial charge in [-0.1, -0.05) is 6.42 Å². The molecule has 2 fully saturated rings. The standard InChI is InChI=1S/C15H26N2O4/c1-20-15(19)13-5-2-3-7-16(13)8-4-6-14(18)17-9-11-21-12-10-17/h13H,2-12H2,1H3/t13-/m1/s1. The number of hydrogen-bond acceptors (Lipinski definition) is 5. The van der Waals surface area contributed by atoms with Gasteiger partial charge < -0.3 is 14.4 Å². The van der Waals surface area contributed by atoms with Gasteiger partial charge in [-0.15, -0.1) is 0 Å². The second-order valence-corrected chi connectivity index (χ2v) is 5.67. The van der Waals surface area contributed by atoms with Crippen LogP contribution in [0.15, 0.2) is 0 Å². The number of rotatable bonds is 5. The summed E-state index contributed by atoms with van der Waals surface area (Å²) in [4.78, 5) is 27.9. The van der Waals surface area contributed by atoms with E-state index in [0.29, 0.717) is 32.7 Å². The first-order chi connectivity index (χ1) is 10.2. The molecule has 6 heteroatoms. The fourth-order valence-corrected chi connectivity index (χ4v) is 3.07. The Hall–Kier alpha value is -1.14. The lowest BCUT2D eigenvalue weighted by Gasteiger charge is -2.34. The highest BCUT2D eigenvalue weighted by atomic mass is 16.5. The molecule has 2 heterocycles. The van der Waals surface area contributed by atoms with Gasteiger partial charge in [-0.25, -0.2) is 0 Å². The molecule has 120 valence electrons. The zero-order chi connectivity index (χ0) is 15.1. The monoisotopic (exact) mass is 298 g/mol. The van der Waals surface area contributed by atoms with E-state index in [9.17, 15) is 9.59 Å². The molecule has 0 unspecified atom stereocenters. The van der Waals surface area contributed by atoms with Crippen molar-refractivity contribution in [1.29, 1.82) is 0 Å². The van der Waals surface area contributed by atoms with Gasteiger partial charge >= 0.3 is 5.97 Å². The fourth-order valence-electron chi connectivity index (χ4n) is 3.07. The molecule has 0 radical (unpaired) electrons. The van der Waals surface area contributed by atoms with Crippen LogP contribution in [0.5, 0.6) is 0 Å². The molecule has 2 rings (SSSR count). The quantitative estimate of drug-likeness (QED) is 0.698. The summed E-state index contributed by atoms with van der Waals surface area (Å²) in [5.74, 6) is 0.0548. The van der Waals surface area contributed by atoms with E-state index < -0.39 is 0 Å². The van der Waals surface area contributed by atoms with Gasteiger partial charge in [0.1, 0.15) is 6.04 Å². The fraction of sp³-hybridized carbons (Fsp3) is 0.867. The number of hydrogen-bond donors (Lipinski definition) is 0. The summed E-state index contributed by atoms with van der Waals surface area (Å²) in [5, 5.41) is 0. The number of esters is 1. The van der Waals surface area contributed by atoms with Gasteiger partial charge in [0.15, 0.2) is 0 Å². The van der Waals surface area contributed by atoms with Crippen LogP contribution < -0.4 is 0 Å². The Labute approximate surface area is 126 Å². The third-order valence-electron chi connectivity index (χ3n) is 4.29. The molecular formula is C15H26N2O4. The van der Waals surface area contributed by atoms with E-state index in [-0.39, 0.29) is 17.9 Å². The lowest BCUT2D eigenvalue weighted by Crippen LogP contribution is -2.46. The number of ether oxygens (including phenoxy) is 2. The number of carbonyl (C=O) groups is 2. The van der Waals surface area contributed by atoms with Crippen LogP contribution in [-0.4, -0.2) is 74.2 Å². The van der Waals surface area contributed by atoms with Crippen molar-refractivity contribution in [3.63, 3.8) is 0 Å². The number of piperidine rings is 1. The largest absolute Gasteiger partial charge is 0.468 e. The molecule has 0 aromatic rings. The molecular weight excluding hydrogens is 272 g/mol. The Bertz CT molecular complexity index is 356. The van der Waals surface area contributed by atoms with Crippen molar-refractivity contribution < 1.29 is 19.1 Å². The van der Waals surface area contributed by atoms with E-state index in [4.69, 9.17) is 9.47 Å². The molecule has 2 aliphatic heterocycles. The Morgan fingerprint density at radius 3 is 2.67 bits per heavy atom. The number of nitrogens with zero attached hydrogens (tertiary/aromatic N) is 2. The second kappa shape index (κ2) is 8.34. The maximum atomic E-state index is 12.1. The van der Waals surface area contributed by atoms with Crippen LogP contribution in [0, 0.1) is 0 Å². The van der Waals surface area contributed by atoms with E-state index in [0.717, 1.165) is 38.8 Å². The van der Waals surface area contributed by atoms with E-state index >= 15 is 0 Å². The van der Waals surface area contributed by atoms with Crippen LogP contribution >= 0.6 is 0 Å². The van der Waals surface area contributed by atoms with Crippen LogP contribution in [0.2, 0.25) is 0 Å². The molecule has 1 amide bonds. The Balaban J connectivity index is 1.73. The molecule has 6 nitrogen and oxygen atoms in total. The maximum absolute atomic E-state index is 12.1. The SMILES string of the molecule is COC(=O)[C@H]1CCCCN1CCCC(=O)N1CCOCC1. The van der Waals surface area contributed by atoms with E-state index in [2.05, 4.69) is 4.90 Å². The van der Waals surface area contributed by atoms with Crippen LogP contribution in [0.25, 0.3) is 0 Å². The van der Waals surface area contributed by atoms with Crippen LogP contribution in [0.3, 0.4) is 0 Å². The van der Waals surface area contributed by atoms with Crippen molar-refractivity contribution in [1.82, 2.24) is 9.80 Å². The average Bonchev–Trinajstić information content (AvgIpc) is 2.55. The predicted molar refractivity (Wildman–Crippen MR) is 77.9 cm³/mol. The Morgan fingerprint density at radius 2 is 1.95 bits per heavy atom. The van der Waals surface area contributed by atoms with E-state index in [1.54, 1.807) is 0 Å². The van der Waals surface area contributed by atoms with Gasteiger partial charge in [0, 0.05) is 19.5 Å². The van der Waals surface area contributed by atoms with Gasteiger partial charge in [0.25, 0.3) is 0 Å². The minimum absolute atomic E-state index is 0.123. The second-order valence-electron chi connectivity index (χ2n) is 5.67. The smallest absolute Gasteiger partial charge is 0.323 e. The molecule has 0 spiro atoms. The van der Waals surface area contributed by atoms with Gasteiger partial charge in [-0.2, -0.15) is 0 Å². The van der Waals surface area contributed by atoms with Crippen molar-refractivity contribution in [2.24, 2.45) is 0 Å².